The average molecular weight is 240 g/mol. The van der Waals surface area contributed by atoms with Gasteiger partial charge >= 0.3 is 0 Å². The zero-order valence-corrected chi connectivity index (χ0v) is 10.3. The topological polar surface area (TPSA) is 58.3 Å². The highest BCUT2D eigenvalue weighted by Gasteiger charge is 2.25. The molecule has 1 saturated carbocycles. The van der Waals surface area contributed by atoms with Crippen molar-refractivity contribution in [1.29, 1.82) is 0 Å². The second kappa shape index (κ2) is 5.66. The van der Waals surface area contributed by atoms with Crippen LogP contribution in [0.25, 0.3) is 0 Å². The Labute approximate surface area is 101 Å². The molecule has 0 spiro atoms. The number of nitrogens with two attached hydrogens (primary N) is 1. The van der Waals surface area contributed by atoms with Gasteiger partial charge in [-0.05, 0) is 42.7 Å². The molecule has 1 fully saturated rings. The molecule has 1 aromatic heterocycles. The van der Waals surface area contributed by atoms with Crippen LogP contribution in [0.2, 0.25) is 0 Å². The highest BCUT2D eigenvalue weighted by Crippen LogP contribution is 2.30. The predicted molar refractivity (Wildman–Crippen MR) is 68.4 cm³/mol. The Morgan fingerprint density at radius 3 is 2.94 bits per heavy atom. The molecule has 2 rings (SSSR count). The molecule has 1 aliphatic carbocycles. The molecule has 1 aromatic rings. The lowest BCUT2D eigenvalue weighted by molar-refractivity contribution is 0.192. The van der Waals surface area contributed by atoms with Crippen LogP contribution < -0.4 is 11.1 Å². The van der Waals surface area contributed by atoms with Crippen LogP contribution in [-0.2, 0) is 6.54 Å². The maximum absolute atomic E-state index is 9.22. The summed E-state index contributed by atoms with van der Waals surface area (Å²) in [6.07, 6.45) is 3.70. The van der Waals surface area contributed by atoms with Crippen LogP contribution in [0, 0.1) is 11.8 Å². The number of nitrogen functional groups attached to an aromatic ring is 1. The second-order valence-electron chi connectivity index (χ2n) is 4.56. The molecule has 0 radical (unpaired) electrons. The molecule has 0 aliphatic heterocycles. The van der Waals surface area contributed by atoms with Crippen molar-refractivity contribution in [3.05, 3.63) is 16.3 Å². The van der Waals surface area contributed by atoms with Crippen molar-refractivity contribution in [3.8, 4) is 0 Å². The maximum Gasteiger partial charge on any atom is 0.0468 e. The summed E-state index contributed by atoms with van der Waals surface area (Å²) in [6.45, 7) is 2.20. The number of aliphatic hydroxyl groups is 1. The number of thiophene rings is 1. The van der Waals surface area contributed by atoms with Gasteiger partial charge in [0.1, 0.15) is 0 Å². The minimum absolute atomic E-state index is 0.341. The van der Waals surface area contributed by atoms with Gasteiger partial charge in [-0.1, -0.05) is 6.42 Å². The summed E-state index contributed by atoms with van der Waals surface area (Å²) in [5, 5.41) is 14.7. The van der Waals surface area contributed by atoms with Crippen LogP contribution in [0.1, 0.15) is 24.1 Å². The van der Waals surface area contributed by atoms with Gasteiger partial charge in [0.15, 0.2) is 0 Å². The second-order valence-corrected chi connectivity index (χ2v) is 5.56. The summed E-state index contributed by atoms with van der Waals surface area (Å²) in [6, 6.07) is 1.95. The van der Waals surface area contributed by atoms with Crippen LogP contribution in [0.15, 0.2) is 11.4 Å². The number of hydrogen-bond donors (Lipinski definition) is 3. The van der Waals surface area contributed by atoms with E-state index < -0.39 is 0 Å². The number of aliphatic hydroxyl groups excluding tert-OH is 1. The van der Waals surface area contributed by atoms with Gasteiger partial charge < -0.3 is 16.2 Å². The molecule has 16 heavy (non-hydrogen) atoms. The Balaban J connectivity index is 1.74. The molecule has 0 aromatic carbocycles. The summed E-state index contributed by atoms with van der Waals surface area (Å²) in [5.41, 5.74) is 6.71. The van der Waals surface area contributed by atoms with Gasteiger partial charge in [0, 0.05) is 23.7 Å². The Bertz CT molecular complexity index is 327. The summed E-state index contributed by atoms with van der Waals surface area (Å²) in [7, 11) is 0. The van der Waals surface area contributed by atoms with Crippen LogP contribution in [0.4, 0.5) is 5.69 Å². The van der Waals surface area contributed by atoms with E-state index >= 15 is 0 Å². The van der Waals surface area contributed by atoms with Gasteiger partial charge in [-0.25, -0.2) is 0 Å². The Morgan fingerprint density at radius 2 is 2.25 bits per heavy atom. The summed E-state index contributed by atoms with van der Waals surface area (Å²) in [5.74, 6) is 1.15. The number of nitrogens with one attached hydrogen (secondary N) is 1. The van der Waals surface area contributed by atoms with Crippen molar-refractivity contribution in [2.24, 2.45) is 11.8 Å². The molecule has 2 atom stereocenters. The minimum atomic E-state index is 0.341. The average Bonchev–Trinajstić information content (AvgIpc) is 2.88. The van der Waals surface area contributed by atoms with Gasteiger partial charge in [0.25, 0.3) is 0 Å². The van der Waals surface area contributed by atoms with E-state index in [-0.39, 0.29) is 0 Å². The standard InChI is InChI=1S/C12H20N2OS/c13-11-4-5-16-12(11)7-14-6-9-2-1-3-10(9)8-15/h4-5,9-10,14-15H,1-3,6-8,13H2. The summed E-state index contributed by atoms with van der Waals surface area (Å²) >= 11 is 1.70. The van der Waals surface area contributed by atoms with Crippen molar-refractivity contribution in [3.63, 3.8) is 0 Å². The quantitative estimate of drug-likeness (QED) is 0.736. The van der Waals surface area contributed by atoms with Gasteiger partial charge in [0.2, 0.25) is 0 Å². The van der Waals surface area contributed by atoms with Gasteiger partial charge in [-0.2, -0.15) is 0 Å². The third-order valence-electron chi connectivity index (χ3n) is 3.52. The maximum atomic E-state index is 9.22. The fourth-order valence-electron chi connectivity index (χ4n) is 2.49. The van der Waals surface area contributed by atoms with Gasteiger partial charge in [0.05, 0.1) is 0 Å². The highest BCUT2D eigenvalue weighted by atomic mass is 32.1. The highest BCUT2D eigenvalue weighted by molar-refractivity contribution is 7.10. The molecule has 1 heterocycles. The van der Waals surface area contributed by atoms with Crippen LogP contribution in [0.3, 0.4) is 0 Å². The third-order valence-corrected chi connectivity index (χ3v) is 4.46. The lowest BCUT2D eigenvalue weighted by Crippen LogP contribution is -2.26. The first-order valence-corrected chi connectivity index (χ1v) is 6.82. The normalized spacial score (nSPS) is 25.1. The molecule has 4 heteroatoms. The molecular formula is C12H20N2OS. The van der Waals surface area contributed by atoms with Crippen molar-refractivity contribution >= 4 is 17.0 Å². The molecule has 4 N–H and O–H groups in total. The molecule has 0 amide bonds. The van der Waals surface area contributed by atoms with E-state index in [2.05, 4.69) is 5.32 Å². The Hall–Kier alpha value is -0.580. The molecule has 2 unspecified atom stereocenters. The lowest BCUT2D eigenvalue weighted by Gasteiger charge is -2.17. The zero-order valence-electron chi connectivity index (χ0n) is 9.48. The van der Waals surface area contributed by atoms with E-state index in [0.29, 0.717) is 18.4 Å². The number of anilines is 1. The van der Waals surface area contributed by atoms with E-state index in [1.54, 1.807) is 11.3 Å². The number of rotatable bonds is 5. The summed E-state index contributed by atoms with van der Waals surface area (Å²) < 4.78 is 0. The zero-order chi connectivity index (χ0) is 11.4. The van der Waals surface area contributed by atoms with Crippen LogP contribution in [0.5, 0.6) is 0 Å². The first kappa shape index (κ1) is 11.9. The molecule has 0 saturated heterocycles. The molecule has 3 nitrogen and oxygen atoms in total. The minimum Gasteiger partial charge on any atom is -0.398 e. The van der Waals surface area contributed by atoms with Crippen molar-refractivity contribution < 1.29 is 5.11 Å². The molecule has 90 valence electrons. The van der Waals surface area contributed by atoms with Crippen molar-refractivity contribution in [1.82, 2.24) is 5.32 Å². The van der Waals surface area contributed by atoms with Crippen molar-refractivity contribution in [2.75, 3.05) is 18.9 Å². The molecule has 0 bridgehead atoms. The smallest absolute Gasteiger partial charge is 0.0468 e. The third kappa shape index (κ3) is 2.75. The predicted octanol–water partition coefficient (Wildman–Crippen LogP) is 1.83. The Morgan fingerprint density at radius 1 is 1.44 bits per heavy atom. The van der Waals surface area contributed by atoms with Gasteiger partial charge in [-0.3, -0.25) is 0 Å². The number of hydrogen-bond acceptors (Lipinski definition) is 4. The van der Waals surface area contributed by atoms with E-state index in [1.165, 1.54) is 24.1 Å². The molecular weight excluding hydrogens is 220 g/mol. The largest absolute Gasteiger partial charge is 0.398 e. The van der Waals surface area contributed by atoms with Crippen LogP contribution in [-0.4, -0.2) is 18.3 Å². The van der Waals surface area contributed by atoms with Gasteiger partial charge in [-0.15, -0.1) is 11.3 Å². The lowest BCUT2D eigenvalue weighted by atomic mass is 9.97. The first-order chi connectivity index (χ1) is 7.81. The fraction of sp³-hybridized carbons (Fsp3) is 0.667. The van der Waals surface area contributed by atoms with E-state index in [0.717, 1.165) is 18.8 Å². The van der Waals surface area contributed by atoms with Crippen LogP contribution >= 0.6 is 11.3 Å². The molecule has 1 aliphatic rings. The fourth-order valence-corrected chi connectivity index (χ4v) is 3.26. The van der Waals surface area contributed by atoms with Crippen molar-refractivity contribution in [2.45, 2.75) is 25.8 Å². The monoisotopic (exact) mass is 240 g/mol. The van der Waals surface area contributed by atoms with E-state index in [9.17, 15) is 5.11 Å². The Kier molecular flexibility index (Phi) is 4.21. The van der Waals surface area contributed by atoms with E-state index in [1.807, 2.05) is 11.4 Å². The SMILES string of the molecule is Nc1ccsc1CNCC1CCCC1CO. The summed E-state index contributed by atoms with van der Waals surface area (Å²) in [4.78, 5) is 1.22. The van der Waals surface area contributed by atoms with E-state index in [4.69, 9.17) is 5.73 Å². The first-order valence-electron chi connectivity index (χ1n) is 5.94.